The van der Waals surface area contributed by atoms with Crippen LogP contribution >= 0.6 is 11.6 Å². The van der Waals surface area contributed by atoms with Crippen LogP contribution in [0.4, 0.5) is 13.2 Å². The number of nitrogens with zero attached hydrogens (tertiary/aromatic N) is 4. The Morgan fingerprint density at radius 3 is 2.48 bits per heavy atom. The third-order valence-electron chi connectivity index (χ3n) is 4.55. The van der Waals surface area contributed by atoms with Crippen LogP contribution < -0.4 is 5.32 Å². The Balaban J connectivity index is 1.70. The fourth-order valence-electron chi connectivity index (χ4n) is 2.94. The summed E-state index contributed by atoms with van der Waals surface area (Å²) in [6.45, 7) is 1.94. The second-order valence-corrected chi connectivity index (χ2v) is 7.22. The molecule has 6 nitrogen and oxygen atoms in total. The number of nitrogens with one attached hydrogen (secondary N) is 1. The van der Waals surface area contributed by atoms with Gasteiger partial charge in [0.25, 0.3) is 11.7 Å². The van der Waals surface area contributed by atoms with Crippen molar-refractivity contribution in [1.82, 2.24) is 24.9 Å². The molecule has 0 aliphatic carbocycles. The molecule has 4 aromatic rings. The molecule has 2 aromatic heterocycles. The zero-order valence-electron chi connectivity index (χ0n) is 16.1. The molecule has 0 radical (unpaired) electrons. The van der Waals surface area contributed by atoms with Crippen LogP contribution in [-0.4, -0.2) is 25.5 Å². The number of carbonyl (C=O) groups is 1. The molecule has 158 valence electrons. The number of hydrogen-bond acceptors (Lipinski definition) is 4. The summed E-state index contributed by atoms with van der Waals surface area (Å²) in [5.74, 6) is -1.49. The van der Waals surface area contributed by atoms with Gasteiger partial charge in [-0.2, -0.15) is 22.7 Å². The lowest BCUT2D eigenvalue weighted by Gasteiger charge is -2.10. The summed E-state index contributed by atoms with van der Waals surface area (Å²) < 4.78 is 41.5. The number of fused-ring (bicyclic) bond motifs is 1. The monoisotopic (exact) mass is 445 g/mol. The van der Waals surface area contributed by atoms with Crippen molar-refractivity contribution in [2.75, 3.05) is 0 Å². The van der Waals surface area contributed by atoms with E-state index in [1.807, 2.05) is 6.92 Å². The van der Waals surface area contributed by atoms with Gasteiger partial charge in [-0.05, 0) is 24.6 Å². The molecule has 0 saturated carbocycles. The van der Waals surface area contributed by atoms with Gasteiger partial charge in [0.1, 0.15) is 0 Å². The molecule has 0 bridgehead atoms. The average molecular weight is 446 g/mol. The highest BCUT2D eigenvalue weighted by Gasteiger charge is 2.36. The SMILES string of the molecule is Cc1ccc(-c2cc(C(F)(F)F)n3nc(C(=O)NCc4ccccc4Cl)nc3n2)cc1. The van der Waals surface area contributed by atoms with Crippen LogP contribution in [0.5, 0.6) is 0 Å². The minimum absolute atomic E-state index is 0.0717. The van der Waals surface area contributed by atoms with Crippen molar-refractivity contribution in [2.45, 2.75) is 19.6 Å². The first-order chi connectivity index (χ1) is 14.7. The van der Waals surface area contributed by atoms with Crippen LogP contribution in [0.15, 0.2) is 54.6 Å². The minimum atomic E-state index is -4.72. The van der Waals surface area contributed by atoms with E-state index in [9.17, 15) is 18.0 Å². The molecule has 2 heterocycles. The number of carbonyl (C=O) groups excluding carboxylic acids is 1. The Morgan fingerprint density at radius 1 is 1.10 bits per heavy atom. The number of hydrogen-bond donors (Lipinski definition) is 1. The fourth-order valence-corrected chi connectivity index (χ4v) is 3.14. The number of rotatable bonds is 4. The molecule has 4 rings (SSSR count). The van der Waals surface area contributed by atoms with Gasteiger partial charge in [-0.15, -0.1) is 5.10 Å². The van der Waals surface area contributed by atoms with E-state index in [4.69, 9.17) is 11.6 Å². The lowest BCUT2D eigenvalue weighted by Crippen LogP contribution is -2.24. The standard InChI is InChI=1S/C21H15ClF3N5O/c1-12-6-8-13(9-7-12)16-10-17(21(23,24)25)30-20(27-16)28-18(29-30)19(31)26-11-14-4-2-3-5-15(14)22/h2-10H,11H2,1H3,(H,26,31). The molecular formula is C21H15ClF3N5O. The van der Waals surface area contributed by atoms with E-state index in [2.05, 4.69) is 20.4 Å². The van der Waals surface area contributed by atoms with E-state index >= 15 is 0 Å². The fraction of sp³-hybridized carbons (Fsp3) is 0.143. The molecule has 0 spiro atoms. The molecule has 0 atom stereocenters. The highest BCUT2D eigenvalue weighted by atomic mass is 35.5. The van der Waals surface area contributed by atoms with E-state index in [0.29, 0.717) is 20.7 Å². The molecule has 1 amide bonds. The van der Waals surface area contributed by atoms with Gasteiger partial charge in [0.2, 0.25) is 5.82 Å². The van der Waals surface area contributed by atoms with Crippen molar-refractivity contribution < 1.29 is 18.0 Å². The van der Waals surface area contributed by atoms with Gasteiger partial charge in [-0.25, -0.2) is 4.98 Å². The molecule has 0 unspecified atom stereocenters. The van der Waals surface area contributed by atoms with Gasteiger partial charge in [-0.3, -0.25) is 4.79 Å². The molecule has 0 aliphatic heterocycles. The third kappa shape index (κ3) is 4.36. The van der Waals surface area contributed by atoms with Crippen molar-refractivity contribution in [2.24, 2.45) is 0 Å². The number of aromatic nitrogens is 4. The normalized spacial score (nSPS) is 11.6. The van der Waals surface area contributed by atoms with E-state index in [1.54, 1.807) is 48.5 Å². The van der Waals surface area contributed by atoms with Crippen molar-refractivity contribution in [3.63, 3.8) is 0 Å². The summed E-state index contributed by atoms with van der Waals surface area (Å²) in [7, 11) is 0. The number of alkyl halides is 3. The molecular weight excluding hydrogens is 431 g/mol. The highest BCUT2D eigenvalue weighted by molar-refractivity contribution is 6.31. The lowest BCUT2D eigenvalue weighted by atomic mass is 10.1. The van der Waals surface area contributed by atoms with Gasteiger partial charge in [-0.1, -0.05) is 59.6 Å². The summed E-state index contributed by atoms with van der Waals surface area (Å²) in [4.78, 5) is 20.5. The van der Waals surface area contributed by atoms with E-state index in [1.165, 1.54) is 0 Å². The quantitative estimate of drug-likeness (QED) is 0.494. The van der Waals surface area contributed by atoms with Crippen molar-refractivity contribution in [1.29, 1.82) is 0 Å². The zero-order chi connectivity index (χ0) is 22.2. The molecule has 31 heavy (non-hydrogen) atoms. The average Bonchev–Trinajstić information content (AvgIpc) is 3.16. The first-order valence-electron chi connectivity index (χ1n) is 9.16. The maximum Gasteiger partial charge on any atom is 0.433 e. The summed E-state index contributed by atoms with van der Waals surface area (Å²) in [6, 6.07) is 14.6. The second-order valence-electron chi connectivity index (χ2n) is 6.81. The van der Waals surface area contributed by atoms with Gasteiger partial charge in [0.15, 0.2) is 5.69 Å². The van der Waals surface area contributed by atoms with Crippen molar-refractivity contribution in [3.8, 4) is 11.3 Å². The number of aryl methyl sites for hydroxylation is 1. The van der Waals surface area contributed by atoms with Gasteiger partial charge in [0, 0.05) is 17.1 Å². The largest absolute Gasteiger partial charge is 0.433 e. The van der Waals surface area contributed by atoms with Crippen LogP contribution in [-0.2, 0) is 12.7 Å². The van der Waals surface area contributed by atoms with Gasteiger partial charge >= 0.3 is 6.18 Å². The lowest BCUT2D eigenvalue weighted by molar-refractivity contribution is -0.142. The maximum atomic E-state index is 13.7. The van der Waals surface area contributed by atoms with Gasteiger partial charge in [0.05, 0.1) is 5.69 Å². The smallest absolute Gasteiger partial charge is 0.345 e. The summed E-state index contributed by atoms with van der Waals surface area (Å²) >= 11 is 6.05. The Kier molecular flexibility index (Phi) is 5.36. The predicted molar refractivity (Wildman–Crippen MR) is 109 cm³/mol. The topological polar surface area (TPSA) is 72.2 Å². The van der Waals surface area contributed by atoms with E-state index in [-0.39, 0.29) is 18.0 Å². The number of amides is 1. The van der Waals surface area contributed by atoms with Crippen molar-refractivity contribution >= 4 is 23.3 Å². The Morgan fingerprint density at radius 2 is 1.81 bits per heavy atom. The summed E-state index contributed by atoms with van der Waals surface area (Å²) in [5, 5.41) is 6.75. The zero-order valence-corrected chi connectivity index (χ0v) is 16.9. The van der Waals surface area contributed by atoms with Crippen LogP contribution in [0.3, 0.4) is 0 Å². The minimum Gasteiger partial charge on any atom is -0.345 e. The molecule has 0 aliphatic rings. The van der Waals surface area contributed by atoms with Crippen LogP contribution in [0, 0.1) is 6.92 Å². The molecule has 0 fully saturated rings. The van der Waals surface area contributed by atoms with E-state index in [0.717, 1.165) is 11.6 Å². The predicted octanol–water partition coefficient (Wildman–Crippen LogP) is 4.70. The van der Waals surface area contributed by atoms with Crippen LogP contribution in [0.1, 0.15) is 27.4 Å². The first kappa shape index (κ1) is 20.8. The number of halogens is 4. The van der Waals surface area contributed by atoms with Gasteiger partial charge < -0.3 is 5.32 Å². The van der Waals surface area contributed by atoms with Crippen LogP contribution in [0.25, 0.3) is 17.0 Å². The van der Waals surface area contributed by atoms with Crippen LogP contribution in [0.2, 0.25) is 5.02 Å². The van der Waals surface area contributed by atoms with E-state index < -0.39 is 23.6 Å². The van der Waals surface area contributed by atoms with Crippen molar-refractivity contribution in [3.05, 3.63) is 82.3 Å². The molecule has 0 saturated heterocycles. The third-order valence-corrected chi connectivity index (χ3v) is 4.92. The Bertz CT molecular complexity index is 1270. The molecule has 10 heteroatoms. The summed E-state index contributed by atoms with van der Waals surface area (Å²) in [6.07, 6.45) is -4.72. The Hall–Kier alpha value is -3.46. The molecule has 2 aromatic carbocycles. The first-order valence-corrected chi connectivity index (χ1v) is 9.54. The maximum absolute atomic E-state index is 13.7. The number of benzene rings is 2. The highest BCUT2D eigenvalue weighted by Crippen LogP contribution is 2.32. The summed E-state index contributed by atoms with van der Waals surface area (Å²) in [5.41, 5.74) is 1.10. The molecule has 1 N–H and O–H groups in total. The Labute approximate surface area is 179 Å². The second kappa shape index (κ2) is 7.99.